The number of aliphatic hydroxyl groups is 1. The minimum atomic E-state index is -2.94. The third-order valence-electron chi connectivity index (χ3n) is 10.4. The van der Waals surface area contributed by atoms with Gasteiger partial charge in [-0.25, -0.2) is 14.2 Å². The van der Waals surface area contributed by atoms with Gasteiger partial charge in [0.25, 0.3) is 5.67 Å². The number of hydrogen-bond acceptors (Lipinski definition) is 8. The van der Waals surface area contributed by atoms with Crippen molar-refractivity contribution in [3.63, 3.8) is 0 Å². The van der Waals surface area contributed by atoms with E-state index in [0.717, 1.165) is 12.5 Å². The van der Waals surface area contributed by atoms with Crippen molar-refractivity contribution in [2.75, 3.05) is 6.61 Å². The number of fused-ring (bicyclic) bond motifs is 5. The van der Waals surface area contributed by atoms with Gasteiger partial charge in [-0.1, -0.05) is 70.1 Å². The van der Waals surface area contributed by atoms with Crippen LogP contribution in [0.4, 0.5) is 4.39 Å². The number of alkyl halides is 1. The van der Waals surface area contributed by atoms with E-state index in [1.807, 2.05) is 58.0 Å². The second-order valence-corrected chi connectivity index (χ2v) is 13.9. The summed E-state index contributed by atoms with van der Waals surface area (Å²) in [6, 6.07) is 9.68. The maximum Gasteiger partial charge on any atom is 0.351 e. The van der Waals surface area contributed by atoms with Crippen molar-refractivity contribution in [3.05, 3.63) is 35.9 Å². The van der Waals surface area contributed by atoms with Gasteiger partial charge < -0.3 is 19.4 Å². The first-order valence-corrected chi connectivity index (χ1v) is 16.6. The fourth-order valence-corrected chi connectivity index (χ4v) is 7.26. The molecule has 2 heterocycles. The van der Waals surface area contributed by atoms with Gasteiger partial charge >= 0.3 is 5.97 Å². The topological polar surface area (TPSA) is 124 Å². The van der Waals surface area contributed by atoms with Gasteiger partial charge in [0.15, 0.2) is 5.78 Å². The summed E-state index contributed by atoms with van der Waals surface area (Å²) in [4.78, 5) is 49.7. The molecule has 1 aromatic rings. The van der Waals surface area contributed by atoms with E-state index in [0.29, 0.717) is 37.1 Å². The van der Waals surface area contributed by atoms with Gasteiger partial charge in [0.1, 0.15) is 18.3 Å². The van der Waals surface area contributed by atoms with Crippen molar-refractivity contribution in [1.29, 1.82) is 0 Å². The number of benzene rings is 1. The van der Waals surface area contributed by atoms with Gasteiger partial charge in [-0.15, -0.1) is 0 Å². The summed E-state index contributed by atoms with van der Waals surface area (Å²) in [5.41, 5.74) is -3.41. The third-order valence-corrected chi connectivity index (χ3v) is 10.4. The molecule has 0 saturated carbocycles. The lowest BCUT2D eigenvalue weighted by Gasteiger charge is -2.46. The normalized spacial score (nSPS) is 38.7. The summed E-state index contributed by atoms with van der Waals surface area (Å²) in [5, 5.41) is 16.7. The van der Waals surface area contributed by atoms with Crippen LogP contribution >= 0.6 is 0 Å². The maximum atomic E-state index is 16.2. The molecule has 2 bridgehead atoms. The first-order valence-electron chi connectivity index (χ1n) is 16.6. The molecule has 0 aromatic heterocycles. The number of esters is 1. The van der Waals surface area contributed by atoms with Crippen LogP contribution in [0.3, 0.4) is 0 Å². The smallest absolute Gasteiger partial charge is 0.351 e. The van der Waals surface area contributed by atoms with Gasteiger partial charge in [-0.05, 0) is 76.2 Å². The lowest BCUT2D eigenvalue weighted by Crippen LogP contribution is -2.56. The number of rotatable bonds is 4. The first-order chi connectivity index (χ1) is 21.5. The quantitative estimate of drug-likeness (QED) is 0.227. The van der Waals surface area contributed by atoms with Crippen LogP contribution in [0.2, 0.25) is 0 Å². The maximum absolute atomic E-state index is 16.2. The largest absolute Gasteiger partial charge is 0.457 e. The van der Waals surface area contributed by atoms with Crippen molar-refractivity contribution in [2.24, 2.45) is 39.7 Å². The van der Waals surface area contributed by atoms with E-state index in [1.54, 1.807) is 20.8 Å². The average Bonchev–Trinajstić information content (AvgIpc) is 3.00. The van der Waals surface area contributed by atoms with Crippen LogP contribution in [0.1, 0.15) is 100.0 Å². The number of nitrogens with zero attached hydrogens (tertiary/aromatic N) is 2. The van der Waals surface area contributed by atoms with E-state index in [1.165, 1.54) is 6.92 Å². The van der Waals surface area contributed by atoms with Crippen molar-refractivity contribution >= 4 is 29.1 Å². The Morgan fingerprint density at radius 3 is 2.35 bits per heavy atom. The van der Waals surface area contributed by atoms with Gasteiger partial charge in [0.2, 0.25) is 5.91 Å². The standard InChI is InChI=1S/C36H53FN2O7/c1-10-30-36(9,43)29-18-14-17-28(39-45-20-27-15-12-11-13-16-27)21-44-34(7,19-22(2)31(24(29)4)38-26(6)40)25(5)23(3)32(41)35(8,37)33(42)46-30/h11-13,15-16,22-25,29-30,43H,10,14,17-21H2,1-9H3/b38-31?,39-28+/t22-,23-,24-,25-,29-,30-,34-,35+,36+/m1/s1. The molecular formula is C36H53FN2O7. The number of hydrogen-bond donors (Lipinski definition) is 1. The monoisotopic (exact) mass is 644 g/mol. The minimum absolute atomic E-state index is 0.0889. The Labute approximate surface area is 273 Å². The van der Waals surface area contributed by atoms with Crippen molar-refractivity contribution < 1.29 is 38.2 Å². The molecule has 2 aliphatic heterocycles. The van der Waals surface area contributed by atoms with E-state index in [4.69, 9.17) is 14.3 Å². The van der Waals surface area contributed by atoms with Crippen LogP contribution in [0, 0.1) is 29.6 Å². The zero-order chi connectivity index (χ0) is 34.4. The van der Waals surface area contributed by atoms with Crippen molar-refractivity contribution in [1.82, 2.24) is 0 Å². The molecule has 3 rings (SSSR count). The highest BCUT2D eigenvalue weighted by Crippen LogP contribution is 2.42. The SMILES string of the molecule is CC[C@H]1OC(=O)[C@@](C)(F)C(=O)[C@H](C)[C@@H](C)[C@@]2(C)C[C@@H](C)C(=NC(C)=O)[C@H](C)[C@@H](CCC/C(=N\OCc3ccccc3)CO2)[C@]1(C)O. The molecule has 2 fully saturated rings. The van der Waals surface area contributed by atoms with Crippen LogP contribution in [0.15, 0.2) is 40.5 Å². The summed E-state index contributed by atoms with van der Waals surface area (Å²) in [6.45, 7) is 15.2. The number of cyclic esters (lactones) is 1. The average molecular weight is 645 g/mol. The van der Waals surface area contributed by atoms with Crippen LogP contribution in [0.5, 0.6) is 0 Å². The van der Waals surface area contributed by atoms with Gasteiger partial charge in [-0.2, -0.15) is 0 Å². The van der Waals surface area contributed by atoms with E-state index in [9.17, 15) is 19.5 Å². The number of aliphatic imine (C=N–C) groups is 1. The molecule has 10 heteroatoms. The van der Waals surface area contributed by atoms with Crippen LogP contribution in [0.25, 0.3) is 0 Å². The summed E-state index contributed by atoms with van der Waals surface area (Å²) in [7, 11) is 0. The highest BCUT2D eigenvalue weighted by Gasteiger charge is 2.53. The highest BCUT2D eigenvalue weighted by atomic mass is 19.1. The molecule has 9 nitrogen and oxygen atoms in total. The molecule has 46 heavy (non-hydrogen) atoms. The minimum Gasteiger partial charge on any atom is -0.457 e. The fraction of sp³-hybridized carbons (Fsp3) is 0.694. The molecule has 0 unspecified atom stereocenters. The fourth-order valence-electron chi connectivity index (χ4n) is 7.26. The van der Waals surface area contributed by atoms with Crippen LogP contribution in [-0.2, 0) is 35.3 Å². The number of oxime groups is 1. The summed E-state index contributed by atoms with van der Waals surface area (Å²) in [6.07, 6.45) is 0.888. The molecule has 1 N–H and O–H groups in total. The number of Topliss-reactive ketones (excluding diaryl/α,β-unsaturated/α-hetero) is 1. The zero-order valence-corrected chi connectivity index (χ0v) is 29.0. The lowest BCUT2D eigenvalue weighted by atomic mass is 9.67. The molecule has 256 valence electrons. The van der Waals surface area contributed by atoms with Crippen molar-refractivity contribution in [3.8, 4) is 0 Å². The molecule has 0 spiro atoms. The zero-order valence-electron chi connectivity index (χ0n) is 29.0. The Morgan fingerprint density at radius 1 is 1.09 bits per heavy atom. The van der Waals surface area contributed by atoms with E-state index >= 15 is 4.39 Å². The summed E-state index contributed by atoms with van der Waals surface area (Å²) in [5.74, 6) is -5.42. The molecule has 9 atom stereocenters. The van der Waals surface area contributed by atoms with Gasteiger partial charge in [0, 0.05) is 24.5 Å². The van der Waals surface area contributed by atoms with Crippen LogP contribution < -0.4 is 0 Å². The Bertz CT molecular complexity index is 1290. The van der Waals surface area contributed by atoms with E-state index in [-0.39, 0.29) is 31.5 Å². The van der Waals surface area contributed by atoms with E-state index in [2.05, 4.69) is 10.1 Å². The molecule has 0 aliphatic carbocycles. The predicted molar refractivity (Wildman–Crippen MR) is 175 cm³/mol. The number of carbonyl (C=O) groups is 3. The Hall–Kier alpha value is -2.98. The molecular weight excluding hydrogens is 591 g/mol. The van der Waals surface area contributed by atoms with Gasteiger partial charge in [-0.3, -0.25) is 9.59 Å². The van der Waals surface area contributed by atoms with Crippen molar-refractivity contribution in [2.45, 2.75) is 124 Å². The lowest BCUT2D eigenvalue weighted by molar-refractivity contribution is -0.187. The number of carbonyl (C=O) groups excluding carboxylic acids is 3. The van der Waals surface area contributed by atoms with Gasteiger partial charge in [0.05, 0.1) is 17.9 Å². The van der Waals surface area contributed by atoms with Crippen LogP contribution in [-0.4, -0.2) is 63.8 Å². The Balaban J connectivity index is 2.21. The molecule has 1 amide bonds. The third kappa shape index (κ3) is 8.48. The number of ketones is 1. The Kier molecular flexibility index (Phi) is 12.5. The number of amides is 1. The number of halogens is 1. The highest BCUT2D eigenvalue weighted by molar-refractivity contribution is 6.07. The Morgan fingerprint density at radius 2 is 1.74 bits per heavy atom. The first kappa shape index (κ1) is 37.5. The summed E-state index contributed by atoms with van der Waals surface area (Å²) >= 11 is 0. The molecule has 1 aromatic carbocycles. The molecule has 2 aliphatic rings. The van der Waals surface area contributed by atoms with E-state index < -0.39 is 58.4 Å². The predicted octanol–water partition coefficient (Wildman–Crippen LogP) is 6.44. The second-order valence-electron chi connectivity index (χ2n) is 13.9. The summed E-state index contributed by atoms with van der Waals surface area (Å²) < 4.78 is 28.5. The molecule has 0 radical (unpaired) electrons. The second kappa shape index (κ2) is 15.3. The molecule has 2 saturated heterocycles. The number of ether oxygens (including phenoxy) is 2.